The minimum absolute atomic E-state index is 0.980. The monoisotopic (exact) mass is 131 g/mol. The zero-order valence-electron chi connectivity index (χ0n) is 5.20. The summed E-state index contributed by atoms with van der Waals surface area (Å²) in [6.45, 7) is 0. The second kappa shape index (κ2) is 1.97. The lowest BCUT2D eigenvalue weighted by atomic mass is 10.2. The summed E-state index contributed by atoms with van der Waals surface area (Å²) in [4.78, 5) is 3.02. The molecule has 3 nitrogen and oxygen atoms in total. The van der Waals surface area contributed by atoms with E-state index in [0.29, 0.717) is 0 Å². The summed E-state index contributed by atoms with van der Waals surface area (Å²) in [5.74, 6) is 2.67. The predicted molar refractivity (Wildman–Crippen MR) is 40.3 cm³/mol. The second-order valence-corrected chi connectivity index (χ2v) is 1.96. The molecule has 1 aliphatic heterocycles. The average molecular weight is 131 g/mol. The van der Waals surface area contributed by atoms with Crippen LogP contribution in [0.3, 0.4) is 0 Å². The van der Waals surface area contributed by atoms with Gasteiger partial charge in [0.1, 0.15) is 0 Å². The molecule has 0 aliphatic carbocycles. The molecule has 0 bridgehead atoms. The lowest BCUT2D eigenvalue weighted by Gasteiger charge is -1.83. The van der Waals surface area contributed by atoms with Crippen molar-refractivity contribution >= 4 is 18.2 Å². The van der Waals surface area contributed by atoms with Gasteiger partial charge in [0.15, 0.2) is 0 Å². The Labute approximate surface area is 57.8 Å². The van der Waals surface area contributed by atoms with Crippen molar-refractivity contribution in [2.45, 2.75) is 0 Å². The first-order chi connectivity index (χ1) is 4.97. The van der Waals surface area contributed by atoms with Gasteiger partial charge in [-0.1, -0.05) is 0 Å². The van der Waals surface area contributed by atoms with Crippen molar-refractivity contribution in [2.24, 2.45) is 10.2 Å². The highest BCUT2D eigenvalue weighted by Crippen LogP contribution is 2.05. The Morgan fingerprint density at radius 1 is 1.50 bits per heavy atom. The van der Waals surface area contributed by atoms with Crippen LogP contribution in [0.5, 0.6) is 0 Å². The number of fused-ring (bicyclic) bond motifs is 1. The molecule has 2 heterocycles. The summed E-state index contributed by atoms with van der Waals surface area (Å²) < 4.78 is 0. The van der Waals surface area contributed by atoms with Crippen LogP contribution < -0.4 is 0 Å². The molecule has 1 aliphatic rings. The fourth-order valence-corrected chi connectivity index (χ4v) is 0.850. The lowest BCUT2D eigenvalue weighted by Crippen LogP contribution is -1.80. The van der Waals surface area contributed by atoms with Crippen LogP contribution in [-0.2, 0) is 0 Å². The van der Waals surface area contributed by atoms with E-state index in [4.69, 9.17) is 0 Å². The van der Waals surface area contributed by atoms with Crippen molar-refractivity contribution in [3.05, 3.63) is 23.5 Å². The highest BCUT2D eigenvalue weighted by atomic mass is 15.2. The van der Waals surface area contributed by atoms with Crippen molar-refractivity contribution in [1.29, 1.82) is 0 Å². The molecular weight excluding hydrogens is 126 g/mol. The topological polar surface area (TPSA) is 40.5 Å². The van der Waals surface area contributed by atoms with E-state index < -0.39 is 0 Å². The largest absolute Gasteiger partial charge is 0.360 e. The van der Waals surface area contributed by atoms with Crippen LogP contribution in [0.15, 0.2) is 22.5 Å². The van der Waals surface area contributed by atoms with Crippen molar-refractivity contribution in [1.82, 2.24) is 4.98 Å². The number of nitrogens with zero attached hydrogens (tertiary/aromatic N) is 2. The molecule has 0 aromatic carbocycles. The van der Waals surface area contributed by atoms with Gasteiger partial charge in [0.25, 0.3) is 0 Å². The maximum atomic E-state index is 3.71. The van der Waals surface area contributed by atoms with Crippen LogP contribution in [0.1, 0.15) is 11.3 Å². The molecule has 3 heteroatoms. The van der Waals surface area contributed by atoms with E-state index in [9.17, 15) is 0 Å². The van der Waals surface area contributed by atoms with Gasteiger partial charge in [0.2, 0.25) is 0 Å². The number of rotatable bonds is 0. The Kier molecular flexibility index (Phi) is 1.03. The highest BCUT2D eigenvalue weighted by Gasteiger charge is 1.97. The van der Waals surface area contributed by atoms with Crippen molar-refractivity contribution in [3.63, 3.8) is 0 Å². The van der Waals surface area contributed by atoms with E-state index in [2.05, 4.69) is 21.1 Å². The molecule has 0 atom stereocenters. The smallest absolute Gasteiger partial charge is 0.0744 e. The third-order valence-corrected chi connectivity index (χ3v) is 1.34. The van der Waals surface area contributed by atoms with Crippen LogP contribution >= 0.6 is 0 Å². The zero-order valence-corrected chi connectivity index (χ0v) is 5.20. The van der Waals surface area contributed by atoms with Crippen LogP contribution in [-0.4, -0.2) is 17.1 Å². The molecule has 0 radical (unpaired) electrons. The molecule has 1 N–H and O–H groups in total. The summed E-state index contributed by atoms with van der Waals surface area (Å²) in [6.07, 6.45) is 5.32. The van der Waals surface area contributed by atoms with Crippen LogP contribution in [0, 0.1) is 0 Å². The predicted octanol–water partition coefficient (Wildman–Crippen LogP) is 1.05. The summed E-state index contributed by atoms with van der Waals surface area (Å²) >= 11 is 0. The Hall–Kier alpha value is -1.60. The van der Waals surface area contributed by atoms with Gasteiger partial charge in [-0.05, 0) is 6.07 Å². The lowest BCUT2D eigenvalue weighted by molar-refractivity contribution is 1.26. The molecule has 1 aromatic rings. The van der Waals surface area contributed by atoms with E-state index in [1.807, 2.05) is 12.3 Å². The van der Waals surface area contributed by atoms with Gasteiger partial charge in [-0.25, -0.2) is 0 Å². The van der Waals surface area contributed by atoms with Crippen LogP contribution in [0.2, 0.25) is 0 Å². The first kappa shape index (κ1) is 5.21. The fraction of sp³-hybridized carbons (Fsp3) is 0. The Bertz CT molecular complexity index is 326. The Morgan fingerprint density at radius 3 is 3.50 bits per heavy atom. The summed E-state index contributed by atoms with van der Waals surface area (Å²) in [7, 11) is 0. The molecule has 0 amide bonds. The summed E-state index contributed by atoms with van der Waals surface area (Å²) in [5, 5.41) is 7.31. The molecule has 1 aromatic heterocycles. The van der Waals surface area contributed by atoms with Crippen LogP contribution in [0.25, 0.3) is 6.08 Å². The summed E-state index contributed by atoms with van der Waals surface area (Å²) in [6, 6.07) is 1.95. The Balaban J connectivity index is 2.68. The molecule has 0 saturated carbocycles. The van der Waals surface area contributed by atoms with E-state index in [0.717, 1.165) is 11.3 Å². The fourth-order valence-electron chi connectivity index (χ4n) is 0.850. The standard InChI is InChI=1S/C7H5N3/c1-3-8-7-5-10-9-4-2-6(1)7/h1-3,5,8H. The van der Waals surface area contributed by atoms with Gasteiger partial charge in [-0.3, -0.25) is 0 Å². The first-order valence-corrected chi connectivity index (χ1v) is 2.96. The third kappa shape index (κ3) is 0.694. The number of H-pyrrole nitrogens is 1. The van der Waals surface area contributed by atoms with E-state index in [1.54, 1.807) is 12.3 Å². The number of aromatic nitrogens is 1. The number of aromatic amines is 1. The van der Waals surface area contributed by atoms with Gasteiger partial charge < -0.3 is 4.98 Å². The van der Waals surface area contributed by atoms with E-state index in [1.165, 1.54) is 0 Å². The van der Waals surface area contributed by atoms with Gasteiger partial charge in [-0.15, -0.1) is 10.2 Å². The van der Waals surface area contributed by atoms with Crippen molar-refractivity contribution < 1.29 is 0 Å². The average Bonchev–Trinajstić information content (AvgIpc) is 2.28. The summed E-state index contributed by atoms with van der Waals surface area (Å²) in [5.41, 5.74) is 2.05. The molecule has 10 heavy (non-hydrogen) atoms. The minimum Gasteiger partial charge on any atom is -0.360 e. The normalized spacial score (nSPS) is 13.2. The first-order valence-electron chi connectivity index (χ1n) is 2.96. The maximum absolute atomic E-state index is 3.71. The SMILES string of the molecule is C1=Cc2cc[nH]c2C=NN=1. The number of hydrogen-bond acceptors (Lipinski definition) is 2. The molecule has 0 saturated heterocycles. The van der Waals surface area contributed by atoms with E-state index in [-0.39, 0.29) is 0 Å². The van der Waals surface area contributed by atoms with Gasteiger partial charge in [0, 0.05) is 23.7 Å². The Morgan fingerprint density at radius 2 is 2.50 bits per heavy atom. The molecular formula is C7H5N3. The quantitative estimate of drug-likeness (QED) is 0.546. The molecule has 0 spiro atoms. The number of hydrogen-bond donors (Lipinski definition) is 1. The van der Waals surface area contributed by atoms with Gasteiger partial charge in [-0.2, -0.15) is 0 Å². The second-order valence-electron chi connectivity index (χ2n) is 1.96. The minimum atomic E-state index is 0.980. The van der Waals surface area contributed by atoms with Gasteiger partial charge in [0.05, 0.1) is 11.9 Å². The van der Waals surface area contributed by atoms with Crippen LogP contribution in [0.4, 0.5) is 0 Å². The highest BCUT2D eigenvalue weighted by molar-refractivity contribution is 5.90. The van der Waals surface area contributed by atoms with Crippen molar-refractivity contribution in [2.75, 3.05) is 0 Å². The molecule has 0 fully saturated rings. The van der Waals surface area contributed by atoms with Crippen molar-refractivity contribution in [3.8, 4) is 0 Å². The molecule has 48 valence electrons. The maximum Gasteiger partial charge on any atom is 0.0744 e. The molecule has 2 rings (SSSR count). The van der Waals surface area contributed by atoms with E-state index >= 15 is 0 Å². The zero-order chi connectivity index (χ0) is 6.81. The molecule has 0 unspecified atom stereocenters. The third-order valence-electron chi connectivity index (χ3n) is 1.34. The number of nitrogens with one attached hydrogen (secondary N) is 1. The van der Waals surface area contributed by atoms with Gasteiger partial charge >= 0.3 is 0 Å².